The molecule has 1 aromatic rings. The fourth-order valence-electron chi connectivity index (χ4n) is 2.10. The van der Waals surface area contributed by atoms with Gasteiger partial charge >= 0.3 is 0 Å². The van der Waals surface area contributed by atoms with Crippen LogP contribution >= 0.6 is 31.9 Å². The van der Waals surface area contributed by atoms with Crippen molar-refractivity contribution < 1.29 is 4.74 Å². The smallest absolute Gasteiger partial charge is 0.0534 e. The number of ether oxygens (including phenoxy) is 1. The molecule has 0 saturated carbocycles. The van der Waals surface area contributed by atoms with E-state index >= 15 is 0 Å². The van der Waals surface area contributed by atoms with Crippen LogP contribution in [0, 0.1) is 5.41 Å². The second-order valence-electron chi connectivity index (χ2n) is 4.43. The molecule has 0 spiro atoms. The van der Waals surface area contributed by atoms with Crippen molar-refractivity contribution in [3.05, 3.63) is 28.5 Å². The molecular formula is C12H15Br2NO. The van der Waals surface area contributed by atoms with E-state index in [-0.39, 0.29) is 5.41 Å². The Bertz CT molecular complexity index is 333. The van der Waals surface area contributed by atoms with Crippen molar-refractivity contribution in [2.45, 2.75) is 19.3 Å². The summed E-state index contributed by atoms with van der Waals surface area (Å²) in [7, 11) is 0. The molecule has 1 atom stereocenters. The minimum Gasteiger partial charge on any atom is -0.381 e. The van der Waals surface area contributed by atoms with Crippen LogP contribution in [-0.2, 0) is 11.2 Å². The summed E-state index contributed by atoms with van der Waals surface area (Å²) in [4.78, 5) is 4.44. The fourth-order valence-corrected chi connectivity index (χ4v) is 2.97. The lowest BCUT2D eigenvalue weighted by atomic mass is 9.80. The van der Waals surface area contributed by atoms with Crippen molar-refractivity contribution >= 4 is 31.9 Å². The molecular weight excluding hydrogens is 334 g/mol. The highest BCUT2D eigenvalue weighted by atomic mass is 79.9. The summed E-state index contributed by atoms with van der Waals surface area (Å²) in [5.41, 5.74) is 1.38. The van der Waals surface area contributed by atoms with Crippen LogP contribution < -0.4 is 0 Å². The van der Waals surface area contributed by atoms with Gasteiger partial charge in [-0.25, -0.2) is 0 Å². The molecule has 4 heteroatoms. The number of alkyl halides is 1. The first kappa shape index (κ1) is 12.5. The van der Waals surface area contributed by atoms with Crippen LogP contribution in [0.15, 0.2) is 22.8 Å². The van der Waals surface area contributed by atoms with E-state index < -0.39 is 0 Å². The summed E-state index contributed by atoms with van der Waals surface area (Å²) in [5.74, 6) is 0. The molecule has 0 radical (unpaired) electrons. The van der Waals surface area contributed by atoms with Gasteiger partial charge in [0.2, 0.25) is 0 Å². The molecule has 1 aliphatic rings. The number of halogens is 2. The lowest BCUT2D eigenvalue weighted by molar-refractivity contribution is 0.00568. The number of aromatic nitrogens is 1. The number of pyridine rings is 1. The molecule has 88 valence electrons. The number of nitrogens with zero attached hydrogens (tertiary/aromatic N) is 1. The van der Waals surface area contributed by atoms with Gasteiger partial charge in [0, 0.05) is 33.7 Å². The third-order valence-corrected chi connectivity index (χ3v) is 4.69. The molecule has 0 bridgehead atoms. The van der Waals surface area contributed by atoms with E-state index in [1.807, 2.05) is 12.3 Å². The van der Waals surface area contributed by atoms with Gasteiger partial charge < -0.3 is 4.74 Å². The predicted molar refractivity (Wildman–Crippen MR) is 71.9 cm³/mol. The predicted octanol–water partition coefficient (Wildman–Crippen LogP) is 3.58. The molecule has 2 heterocycles. The average molecular weight is 349 g/mol. The van der Waals surface area contributed by atoms with Crippen LogP contribution in [-0.4, -0.2) is 23.5 Å². The normalized spacial score (nSPS) is 25.6. The molecule has 1 aromatic heterocycles. The third kappa shape index (κ3) is 3.05. The maximum absolute atomic E-state index is 5.61. The number of rotatable bonds is 3. The largest absolute Gasteiger partial charge is 0.381 e. The minimum atomic E-state index is 0.235. The molecule has 0 aliphatic carbocycles. The summed E-state index contributed by atoms with van der Waals surface area (Å²) in [6.45, 7) is 1.75. The van der Waals surface area contributed by atoms with Gasteiger partial charge in [0.15, 0.2) is 0 Å². The summed E-state index contributed by atoms with van der Waals surface area (Å²) >= 11 is 7.03. The standard InChI is InChI=1S/C12H15Br2NO/c13-8-12(4-1-5-16-9-12)6-11-3-2-10(14)7-15-11/h2-3,7H,1,4-6,8-9H2. The summed E-state index contributed by atoms with van der Waals surface area (Å²) < 4.78 is 6.64. The SMILES string of the molecule is BrCC1(Cc2ccc(Br)cn2)CCCOC1. The zero-order valence-electron chi connectivity index (χ0n) is 9.09. The zero-order chi connectivity index (χ0) is 11.4. The Labute approximate surface area is 113 Å². The maximum Gasteiger partial charge on any atom is 0.0534 e. The average Bonchev–Trinajstić information content (AvgIpc) is 2.33. The molecule has 1 unspecified atom stereocenters. The van der Waals surface area contributed by atoms with E-state index in [0.717, 1.165) is 41.6 Å². The van der Waals surface area contributed by atoms with Gasteiger partial charge in [-0.05, 0) is 47.3 Å². The van der Waals surface area contributed by atoms with Crippen molar-refractivity contribution in [3.8, 4) is 0 Å². The Morgan fingerprint density at radius 2 is 2.31 bits per heavy atom. The van der Waals surface area contributed by atoms with Gasteiger partial charge in [0.05, 0.1) is 6.61 Å². The lowest BCUT2D eigenvalue weighted by Crippen LogP contribution is -2.35. The monoisotopic (exact) mass is 347 g/mol. The van der Waals surface area contributed by atoms with Crippen LogP contribution in [0.25, 0.3) is 0 Å². The third-order valence-electron chi connectivity index (χ3n) is 3.03. The molecule has 2 nitrogen and oxygen atoms in total. The van der Waals surface area contributed by atoms with Gasteiger partial charge in [-0.1, -0.05) is 15.9 Å². The van der Waals surface area contributed by atoms with Crippen molar-refractivity contribution in [2.24, 2.45) is 5.41 Å². The van der Waals surface area contributed by atoms with Crippen molar-refractivity contribution in [2.75, 3.05) is 18.5 Å². The van der Waals surface area contributed by atoms with E-state index in [4.69, 9.17) is 4.74 Å². The van der Waals surface area contributed by atoms with Crippen LogP contribution in [0.4, 0.5) is 0 Å². The van der Waals surface area contributed by atoms with Gasteiger partial charge in [-0.3, -0.25) is 4.98 Å². The Hall–Kier alpha value is 0.0700. The highest BCUT2D eigenvalue weighted by Gasteiger charge is 2.32. The van der Waals surface area contributed by atoms with Crippen LogP contribution in [0.2, 0.25) is 0 Å². The highest BCUT2D eigenvalue weighted by molar-refractivity contribution is 9.10. The van der Waals surface area contributed by atoms with Gasteiger partial charge in [-0.15, -0.1) is 0 Å². The van der Waals surface area contributed by atoms with Crippen molar-refractivity contribution in [1.29, 1.82) is 0 Å². The van der Waals surface area contributed by atoms with Gasteiger partial charge in [-0.2, -0.15) is 0 Å². The van der Waals surface area contributed by atoms with Crippen LogP contribution in [0.1, 0.15) is 18.5 Å². The zero-order valence-corrected chi connectivity index (χ0v) is 12.3. The minimum absolute atomic E-state index is 0.235. The second-order valence-corrected chi connectivity index (χ2v) is 5.91. The summed E-state index contributed by atoms with van der Waals surface area (Å²) in [5, 5.41) is 0.984. The van der Waals surface area contributed by atoms with E-state index in [1.165, 1.54) is 6.42 Å². The first-order valence-electron chi connectivity index (χ1n) is 5.48. The van der Waals surface area contributed by atoms with Crippen molar-refractivity contribution in [3.63, 3.8) is 0 Å². The lowest BCUT2D eigenvalue weighted by Gasteiger charge is -2.35. The summed E-state index contributed by atoms with van der Waals surface area (Å²) in [6, 6.07) is 4.14. The maximum atomic E-state index is 5.61. The topological polar surface area (TPSA) is 22.1 Å². The Morgan fingerprint density at radius 1 is 1.44 bits per heavy atom. The highest BCUT2D eigenvalue weighted by Crippen LogP contribution is 2.34. The number of hydrogen-bond donors (Lipinski definition) is 0. The first-order valence-corrected chi connectivity index (χ1v) is 7.40. The molecule has 16 heavy (non-hydrogen) atoms. The molecule has 0 N–H and O–H groups in total. The number of hydrogen-bond acceptors (Lipinski definition) is 2. The van der Waals surface area contributed by atoms with Crippen LogP contribution in [0.5, 0.6) is 0 Å². The quantitative estimate of drug-likeness (QED) is 0.779. The summed E-state index contributed by atoms with van der Waals surface area (Å²) in [6.07, 6.45) is 5.23. The Balaban J connectivity index is 2.08. The van der Waals surface area contributed by atoms with Gasteiger partial charge in [0.1, 0.15) is 0 Å². The van der Waals surface area contributed by atoms with E-state index in [0.29, 0.717) is 0 Å². The van der Waals surface area contributed by atoms with Gasteiger partial charge in [0.25, 0.3) is 0 Å². The molecule has 0 aromatic carbocycles. The second kappa shape index (κ2) is 5.61. The van der Waals surface area contributed by atoms with E-state index in [1.54, 1.807) is 0 Å². The Morgan fingerprint density at radius 3 is 2.88 bits per heavy atom. The molecule has 1 saturated heterocycles. The fraction of sp³-hybridized carbons (Fsp3) is 0.583. The molecule has 0 amide bonds. The molecule has 1 fully saturated rings. The molecule has 2 rings (SSSR count). The Kier molecular flexibility index (Phi) is 4.39. The molecule has 1 aliphatic heterocycles. The van der Waals surface area contributed by atoms with Crippen LogP contribution in [0.3, 0.4) is 0 Å². The van der Waals surface area contributed by atoms with E-state index in [9.17, 15) is 0 Å². The van der Waals surface area contributed by atoms with Crippen molar-refractivity contribution in [1.82, 2.24) is 4.98 Å². The first-order chi connectivity index (χ1) is 7.74. The van der Waals surface area contributed by atoms with E-state index in [2.05, 4.69) is 42.9 Å².